The standard InChI is InChI=1S/C50H80O16/c51-44(19-7-2-14-30-59-46(53)21-9-4-16-32-61-48(55)23-11-6-18-34-63-50(57)39-26-28-41-43(36-39)66-41)58-29-13-1-8-20-45(52)60-31-15-3-10-22-47(54)62-33-17-5-12-24-49(56)64-37-38-25-27-40-42(35-38)65-40/h38-43H,1-37H2. The Kier molecular flexibility index (Phi) is 27.9. The lowest BCUT2D eigenvalue weighted by atomic mass is 9.89. The SMILES string of the molecule is O=C(CCCCCOC(=O)CCCCCOC(=O)CCCCCOC(=O)C1CCC2OC2C1)OCCCCCC(=O)OCCCCCC(=O)OCCCCCC(=O)OCC1CCC2OC2C1. The molecule has 16 heteroatoms. The van der Waals surface area contributed by atoms with E-state index in [-0.39, 0.29) is 53.8 Å². The third-order valence-electron chi connectivity index (χ3n) is 12.6. The number of hydrogen-bond donors (Lipinski definition) is 0. The molecule has 0 N–H and O–H groups in total. The number of esters is 7. The first-order valence-corrected chi connectivity index (χ1v) is 25.6. The molecule has 2 aliphatic carbocycles. The van der Waals surface area contributed by atoms with Crippen LogP contribution in [-0.2, 0) is 76.2 Å². The number of epoxide rings is 2. The average molecular weight is 937 g/mol. The molecule has 6 unspecified atom stereocenters. The van der Waals surface area contributed by atoms with Crippen LogP contribution in [0.5, 0.6) is 0 Å². The molecule has 66 heavy (non-hydrogen) atoms. The second kappa shape index (κ2) is 33.6. The summed E-state index contributed by atoms with van der Waals surface area (Å²) >= 11 is 0. The van der Waals surface area contributed by atoms with E-state index in [1.54, 1.807) is 0 Å². The van der Waals surface area contributed by atoms with Crippen molar-refractivity contribution in [1.82, 2.24) is 0 Å². The van der Waals surface area contributed by atoms with Crippen LogP contribution in [0, 0.1) is 11.8 Å². The van der Waals surface area contributed by atoms with Gasteiger partial charge in [0.15, 0.2) is 0 Å². The molecule has 0 aromatic heterocycles. The zero-order chi connectivity index (χ0) is 47.0. The van der Waals surface area contributed by atoms with E-state index < -0.39 is 0 Å². The van der Waals surface area contributed by atoms with Crippen molar-refractivity contribution in [3.05, 3.63) is 0 Å². The van der Waals surface area contributed by atoms with Crippen LogP contribution < -0.4 is 0 Å². The van der Waals surface area contributed by atoms with E-state index in [9.17, 15) is 33.6 Å². The monoisotopic (exact) mass is 937 g/mol. The zero-order valence-electron chi connectivity index (χ0n) is 39.7. The Bertz CT molecular complexity index is 1450. The van der Waals surface area contributed by atoms with Crippen LogP contribution in [-0.4, -0.2) is 112 Å². The molecule has 6 atom stereocenters. The van der Waals surface area contributed by atoms with Gasteiger partial charge in [-0.2, -0.15) is 0 Å². The summed E-state index contributed by atoms with van der Waals surface area (Å²) in [7, 11) is 0. The predicted molar refractivity (Wildman–Crippen MR) is 240 cm³/mol. The topological polar surface area (TPSA) is 209 Å². The van der Waals surface area contributed by atoms with Gasteiger partial charge in [0.25, 0.3) is 0 Å². The van der Waals surface area contributed by atoms with Gasteiger partial charge in [-0.15, -0.1) is 0 Å². The van der Waals surface area contributed by atoms with Crippen molar-refractivity contribution in [3.63, 3.8) is 0 Å². The predicted octanol–water partition coefficient (Wildman–Crippen LogP) is 8.29. The number of unbranched alkanes of at least 4 members (excludes halogenated alkanes) is 12. The molecule has 0 amide bonds. The van der Waals surface area contributed by atoms with Gasteiger partial charge < -0.3 is 42.6 Å². The molecule has 0 bridgehead atoms. The van der Waals surface area contributed by atoms with Crippen LogP contribution in [0.25, 0.3) is 0 Å². The number of carbonyl (C=O) groups is 7. The number of fused-ring (bicyclic) bond motifs is 2. The molecular weight excluding hydrogens is 857 g/mol. The van der Waals surface area contributed by atoms with Gasteiger partial charge in [0.2, 0.25) is 0 Å². The Morgan fingerprint density at radius 3 is 0.985 bits per heavy atom. The molecule has 2 aliphatic heterocycles. The van der Waals surface area contributed by atoms with Crippen LogP contribution in [0.3, 0.4) is 0 Å². The van der Waals surface area contributed by atoms with Crippen molar-refractivity contribution in [2.24, 2.45) is 11.8 Å². The van der Waals surface area contributed by atoms with E-state index in [1.807, 2.05) is 0 Å². The van der Waals surface area contributed by atoms with Gasteiger partial charge in [-0.05, 0) is 160 Å². The normalized spacial score (nSPS) is 21.3. The fraction of sp³-hybridized carbons (Fsp3) is 0.860. The molecule has 0 aromatic carbocycles. The molecule has 0 radical (unpaired) electrons. The quantitative estimate of drug-likeness (QED) is 0.0246. The van der Waals surface area contributed by atoms with Gasteiger partial charge in [0.05, 0.1) is 76.6 Å². The lowest BCUT2D eigenvalue weighted by Crippen LogP contribution is -2.24. The highest BCUT2D eigenvalue weighted by Crippen LogP contribution is 2.40. The Balaban J connectivity index is 0.787. The maximum atomic E-state index is 12.2. The van der Waals surface area contributed by atoms with Gasteiger partial charge in [0, 0.05) is 38.5 Å². The van der Waals surface area contributed by atoms with Crippen molar-refractivity contribution < 1.29 is 76.2 Å². The van der Waals surface area contributed by atoms with E-state index in [1.165, 1.54) is 0 Å². The summed E-state index contributed by atoms with van der Waals surface area (Å²) in [6.07, 6.45) is 21.9. The van der Waals surface area contributed by atoms with Gasteiger partial charge in [-0.1, -0.05) is 0 Å². The Hall–Kier alpha value is -3.79. The molecule has 4 rings (SSSR count). The van der Waals surface area contributed by atoms with E-state index in [0.29, 0.717) is 173 Å². The smallest absolute Gasteiger partial charge is 0.309 e. The molecule has 2 heterocycles. The minimum absolute atomic E-state index is 0.0394. The first-order chi connectivity index (χ1) is 32.2. The molecule has 16 nitrogen and oxygen atoms in total. The molecule has 376 valence electrons. The maximum Gasteiger partial charge on any atom is 0.309 e. The Labute approximate surface area is 392 Å². The highest BCUT2D eigenvalue weighted by Gasteiger charge is 2.46. The summed E-state index contributed by atoms with van der Waals surface area (Å²) in [6.45, 7) is 2.48. The van der Waals surface area contributed by atoms with Gasteiger partial charge in [-0.3, -0.25) is 33.6 Å². The first kappa shape index (κ1) is 54.8. The van der Waals surface area contributed by atoms with E-state index in [0.717, 1.165) is 89.9 Å². The van der Waals surface area contributed by atoms with Crippen LogP contribution in [0.1, 0.15) is 193 Å². The molecule has 4 fully saturated rings. The van der Waals surface area contributed by atoms with Crippen LogP contribution in [0.15, 0.2) is 0 Å². The lowest BCUT2D eigenvalue weighted by Gasteiger charge is -2.18. The Morgan fingerprint density at radius 2 is 0.636 bits per heavy atom. The number of ether oxygens (including phenoxy) is 9. The molecule has 0 aromatic rings. The molecule has 2 saturated carbocycles. The maximum absolute atomic E-state index is 12.2. The highest BCUT2D eigenvalue weighted by atomic mass is 16.6. The highest BCUT2D eigenvalue weighted by molar-refractivity contribution is 5.73. The van der Waals surface area contributed by atoms with Crippen molar-refractivity contribution in [2.75, 3.05) is 46.2 Å². The van der Waals surface area contributed by atoms with Crippen molar-refractivity contribution in [2.45, 2.75) is 217 Å². The molecule has 0 spiro atoms. The van der Waals surface area contributed by atoms with Gasteiger partial charge in [0.1, 0.15) is 0 Å². The van der Waals surface area contributed by atoms with Crippen LogP contribution in [0.4, 0.5) is 0 Å². The number of rotatable bonds is 39. The summed E-state index contributed by atoms with van der Waals surface area (Å²) in [4.78, 5) is 84.2. The van der Waals surface area contributed by atoms with Crippen LogP contribution in [0.2, 0.25) is 0 Å². The first-order valence-electron chi connectivity index (χ1n) is 25.6. The minimum Gasteiger partial charge on any atom is -0.466 e. The average Bonchev–Trinajstić information content (AvgIpc) is 4.25. The fourth-order valence-corrected chi connectivity index (χ4v) is 8.41. The number of carbonyl (C=O) groups excluding carboxylic acids is 7. The lowest BCUT2D eigenvalue weighted by molar-refractivity contribution is -0.150. The third kappa shape index (κ3) is 26.5. The number of hydrogen-bond acceptors (Lipinski definition) is 16. The van der Waals surface area contributed by atoms with Gasteiger partial charge in [-0.25, -0.2) is 0 Å². The summed E-state index contributed by atoms with van der Waals surface area (Å²) in [5.74, 6) is -1.14. The summed E-state index contributed by atoms with van der Waals surface area (Å²) in [6, 6.07) is 0. The minimum atomic E-state index is -0.259. The van der Waals surface area contributed by atoms with Crippen molar-refractivity contribution in [3.8, 4) is 0 Å². The van der Waals surface area contributed by atoms with E-state index in [2.05, 4.69) is 0 Å². The second-order valence-corrected chi connectivity index (χ2v) is 18.4. The third-order valence-corrected chi connectivity index (χ3v) is 12.6. The summed E-state index contributed by atoms with van der Waals surface area (Å²) < 4.78 is 48.3. The largest absolute Gasteiger partial charge is 0.466 e. The summed E-state index contributed by atoms with van der Waals surface area (Å²) in [5, 5.41) is 0. The van der Waals surface area contributed by atoms with Crippen molar-refractivity contribution >= 4 is 41.8 Å². The van der Waals surface area contributed by atoms with Gasteiger partial charge >= 0.3 is 41.8 Å². The zero-order valence-corrected chi connectivity index (χ0v) is 39.7. The summed E-state index contributed by atoms with van der Waals surface area (Å²) in [5.41, 5.74) is 0. The molecule has 2 saturated heterocycles. The van der Waals surface area contributed by atoms with Crippen LogP contribution >= 0.6 is 0 Å². The fourth-order valence-electron chi connectivity index (χ4n) is 8.41. The molecular formula is C50H80O16. The van der Waals surface area contributed by atoms with Crippen molar-refractivity contribution in [1.29, 1.82) is 0 Å². The Morgan fingerprint density at radius 1 is 0.318 bits per heavy atom. The van der Waals surface area contributed by atoms with E-state index >= 15 is 0 Å². The second-order valence-electron chi connectivity index (χ2n) is 18.4. The molecule has 4 aliphatic rings. The van der Waals surface area contributed by atoms with E-state index in [4.69, 9.17) is 42.6 Å².